The van der Waals surface area contributed by atoms with Crippen LogP contribution in [0.3, 0.4) is 0 Å². The van der Waals surface area contributed by atoms with Gasteiger partial charge in [0.05, 0.1) is 0 Å². The summed E-state index contributed by atoms with van der Waals surface area (Å²) in [6.07, 6.45) is 1.13. The first-order chi connectivity index (χ1) is 9.24. The summed E-state index contributed by atoms with van der Waals surface area (Å²) in [6.45, 7) is 21.2. The fraction of sp³-hybridized carbons (Fsp3) is 0.294. The van der Waals surface area contributed by atoms with E-state index in [0.29, 0.717) is 0 Å². The lowest BCUT2D eigenvalue weighted by Crippen LogP contribution is -2.11. The minimum absolute atomic E-state index is 0.993. The predicted molar refractivity (Wildman–Crippen MR) is 89.2 cm³/mol. The van der Waals surface area contributed by atoms with Gasteiger partial charge in [-0.25, -0.2) is 0 Å². The number of hydrogen-bond donors (Lipinski definition) is 2. The average molecular weight is 263 g/mol. The van der Waals surface area contributed by atoms with Crippen LogP contribution in [-0.2, 0) is 0 Å². The Morgan fingerprint density at radius 2 is 1.47 bits per heavy atom. The van der Waals surface area contributed by atoms with Crippen molar-refractivity contribution in [2.24, 2.45) is 0 Å². The Kier molecular flexibility index (Phi) is 21.9. The molecular formula is C17H29NO. The van der Waals surface area contributed by atoms with Crippen molar-refractivity contribution < 1.29 is 5.11 Å². The van der Waals surface area contributed by atoms with Crippen LogP contribution in [0.4, 0.5) is 0 Å². The molecule has 0 heterocycles. The summed E-state index contributed by atoms with van der Waals surface area (Å²) in [7, 11) is 1.00. The molecule has 1 aromatic carbocycles. The molecule has 2 nitrogen and oxygen atoms in total. The fourth-order valence-electron chi connectivity index (χ4n) is 1.13. The number of aliphatic hydroxyl groups is 1. The van der Waals surface area contributed by atoms with E-state index in [1.54, 1.807) is 0 Å². The second kappa shape index (κ2) is 18.6. The molecule has 1 aromatic rings. The summed E-state index contributed by atoms with van der Waals surface area (Å²) in [5, 5.41) is 10.3. The molecular weight excluding hydrogens is 234 g/mol. The van der Waals surface area contributed by atoms with E-state index < -0.39 is 0 Å². The predicted octanol–water partition coefficient (Wildman–Crippen LogP) is 4.18. The van der Waals surface area contributed by atoms with Crippen molar-refractivity contribution in [3.63, 3.8) is 0 Å². The summed E-state index contributed by atoms with van der Waals surface area (Å²) < 4.78 is 0. The van der Waals surface area contributed by atoms with Gasteiger partial charge in [-0.1, -0.05) is 43.3 Å². The van der Waals surface area contributed by atoms with Crippen LogP contribution >= 0.6 is 0 Å². The van der Waals surface area contributed by atoms with Gasteiger partial charge in [-0.3, -0.25) is 0 Å². The van der Waals surface area contributed by atoms with Gasteiger partial charge in [0.1, 0.15) is 0 Å². The lowest BCUT2D eigenvalue weighted by molar-refractivity contribution is 0.399. The monoisotopic (exact) mass is 263 g/mol. The van der Waals surface area contributed by atoms with Gasteiger partial charge in [0, 0.05) is 19.4 Å². The van der Waals surface area contributed by atoms with Crippen molar-refractivity contribution in [2.45, 2.75) is 20.3 Å². The van der Waals surface area contributed by atoms with Crippen molar-refractivity contribution in [2.75, 3.05) is 13.7 Å². The molecule has 0 fully saturated rings. The summed E-state index contributed by atoms with van der Waals surface area (Å²) in [5.41, 5.74) is 3.48. The molecule has 0 bridgehead atoms. The van der Waals surface area contributed by atoms with Crippen LogP contribution in [0.2, 0.25) is 0 Å². The van der Waals surface area contributed by atoms with Crippen molar-refractivity contribution in [3.05, 3.63) is 68.3 Å². The fourth-order valence-corrected chi connectivity index (χ4v) is 1.13. The Hall–Kier alpha value is -1.80. The SMILES string of the molecule is C=C.C=C.C=C(NCCC)c1ccc(C)cc1.CO. The smallest absolute Gasteiger partial charge is 0.0340 e. The highest BCUT2D eigenvalue weighted by Gasteiger charge is 1.95. The number of aliphatic hydroxyl groups excluding tert-OH is 1. The van der Waals surface area contributed by atoms with Gasteiger partial charge < -0.3 is 10.4 Å². The van der Waals surface area contributed by atoms with Crippen LogP contribution in [0, 0.1) is 6.92 Å². The number of nitrogens with one attached hydrogen (secondary N) is 1. The summed E-state index contributed by atoms with van der Waals surface area (Å²) in [4.78, 5) is 0. The van der Waals surface area contributed by atoms with Crippen LogP contribution < -0.4 is 5.32 Å². The van der Waals surface area contributed by atoms with Crippen LogP contribution in [-0.4, -0.2) is 18.8 Å². The van der Waals surface area contributed by atoms with Gasteiger partial charge in [-0.2, -0.15) is 0 Å². The van der Waals surface area contributed by atoms with E-state index in [0.717, 1.165) is 25.8 Å². The molecule has 0 aliphatic rings. The van der Waals surface area contributed by atoms with Crippen molar-refractivity contribution in [3.8, 4) is 0 Å². The first kappa shape index (κ1) is 22.4. The standard InChI is InChI=1S/C12H17N.2C2H4.CH4O/c1-4-9-13-11(3)12-7-5-10(2)6-8-12;3*1-2/h5-8,13H,3-4,9H2,1-2H3;2*1-2H2;2H,1H3. The quantitative estimate of drug-likeness (QED) is 0.799. The molecule has 0 spiro atoms. The number of hydrogen-bond acceptors (Lipinski definition) is 2. The third-order valence-corrected chi connectivity index (χ3v) is 1.99. The Balaban J connectivity index is -0.000000375. The number of benzene rings is 1. The van der Waals surface area contributed by atoms with Gasteiger partial charge >= 0.3 is 0 Å². The second-order valence-electron chi connectivity index (χ2n) is 3.27. The molecule has 0 unspecified atom stereocenters. The molecule has 0 aromatic heterocycles. The maximum Gasteiger partial charge on any atom is 0.0340 e. The van der Waals surface area contributed by atoms with Gasteiger partial charge in [-0.05, 0) is 18.9 Å². The first-order valence-electron chi connectivity index (χ1n) is 6.18. The molecule has 0 aliphatic carbocycles. The zero-order chi connectivity index (χ0) is 15.7. The highest BCUT2D eigenvalue weighted by Crippen LogP contribution is 2.10. The van der Waals surface area contributed by atoms with E-state index in [4.69, 9.17) is 5.11 Å². The topological polar surface area (TPSA) is 32.3 Å². The van der Waals surface area contributed by atoms with E-state index in [1.165, 1.54) is 11.1 Å². The lowest BCUT2D eigenvalue weighted by Gasteiger charge is -2.08. The maximum absolute atomic E-state index is 7.00. The first-order valence-corrected chi connectivity index (χ1v) is 6.18. The molecule has 2 N–H and O–H groups in total. The molecule has 0 saturated carbocycles. The molecule has 0 saturated heterocycles. The highest BCUT2D eigenvalue weighted by molar-refractivity contribution is 5.61. The third kappa shape index (κ3) is 12.4. The second-order valence-corrected chi connectivity index (χ2v) is 3.27. The minimum Gasteiger partial charge on any atom is -0.400 e. The summed E-state index contributed by atoms with van der Waals surface area (Å²) in [5.74, 6) is 0. The van der Waals surface area contributed by atoms with E-state index in [1.807, 2.05) is 0 Å². The van der Waals surface area contributed by atoms with Crippen LogP contribution in [0.15, 0.2) is 57.2 Å². The van der Waals surface area contributed by atoms with Crippen LogP contribution in [0.25, 0.3) is 5.70 Å². The van der Waals surface area contributed by atoms with E-state index in [2.05, 4.69) is 76.3 Å². The molecule has 0 atom stereocenters. The molecule has 108 valence electrons. The Bertz CT molecular complexity index is 302. The number of rotatable bonds is 4. The molecule has 2 heteroatoms. The molecule has 0 radical (unpaired) electrons. The van der Waals surface area contributed by atoms with Crippen molar-refractivity contribution in [1.82, 2.24) is 5.32 Å². The Morgan fingerprint density at radius 1 is 1.05 bits per heavy atom. The van der Waals surface area contributed by atoms with Gasteiger partial charge in [0.25, 0.3) is 0 Å². The molecule has 19 heavy (non-hydrogen) atoms. The molecule has 1 rings (SSSR count). The Morgan fingerprint density at radius 3 is 1.84 bits per heavy atom. The summed E-state index contributed by atoms with van der Waals surface area (Å²) in [6, 6.07) is 8.41. The van der Waals surface area contributed by atoms with Gasteiger partial charge in [0.15, 0.2) is 0 Å². The number of aryl methyl sites for hydroxylation is 1. The van der Waals surface area contributed by atoms with E-state index in [-0.39, 0.29) is 0 Å². The largest absolute Gasteiger partial charge is 0.400 e. The lowest BCUT2D eigenvalue weighted by atomic mass is 10.1. The normalized spacial score (nSPS) is 7.37. The zero-order valence-corrected chi connectivity index (χ0v) is 12.7. The minimum atomic E-state index is 0.993. The van der Waals surface area contributed by atoms with Gasteiger partial charge in [-0.15, -0.1) is 26.3 Å². The van der Waals surface area contributed by atoms with Crippen LogP contribution in [0.5, 0.6) is 0 Å². The van der Waals surface area contributed by atoms with Crippen molar-refractivity contribution >= 4 is 5.70 Å². The van der Waals surface area contributed by atoms with E-state index >= 15 is 0 Å². The van der Waals surface area contributed by atoms with E-state index in [9.17, 15) is 0 Å². The molecule has 0 amide bonds. The zero-order valence-electron chi connectivity index (χ0n) is 12.7. The summed E-state index contributed by atoms with van der Waals surface area (Å²) >= 11 is 0. The Labute approximate surface area is 119 Å². The highest BCUT2D eigenvalue weighted by atomic mass is 16.2. The average Bonchev–Trinajstić information content (AvgIpc) is 2.51. The molecule has 0 aliphatic heterocycles. The maximum atomic E-state index is 7.00. The van der Waals surface area contributed by atoms with Gasteiger partial charge in [0.2, 0.25) is 0 Å². The van der Waals surface area contributed by atoms with Crippen LogP contribution in [0.1, 0.15) is 24.5 Å². The third-order valence-electron chi connectivity index (χ3n) is 1.99. The van der Waals surface area contributed by atoms with Crippen molar-refractivity contribution in [1.29, 1.82) is 0 Å².